The van der Waals surface area contributed by atoms with E-state index >= 15 is 0 Å². The summed E-state index contributed by atoms with van der Waals surface area (Å²) < 4.78 is 19.8. The van der Waals surface area contributed by atoms with Gasteiger partial charge in [-0.1, -0.05) is 23.7 Å². The fraction of sp³-hybridized carbons (Fsp3) is 0.286. The van der Waals surface area contributed by atoms with E-state index in [1.807, 2.05) is 18.3 Å². The van der Waals surface area contributed by atoms with Gasteiger partial charge in [0.25, 0.3) is 0 Å². The van der Waals surface area contributed by atoms with E-state index in [1.165, 1.54) is 12.1 Å². The molecule has 7 heteroatoms. The van der Waals surface area contributed by atoms with E-state index in [2.05, 4.69) is 9.97 Å². The predicted molar refractivity (Wildman–Crippen MR) is 102 cm³/mol. The Morgan fingerprint density at radius 2 is 2.14 bits per heavy atom. The number of pyridine rings is 1. The summed E-state index contributed by atoms with van der Waals surface area (Å²) in [5.41, 5.74) is 2.13. The molecule has 4 rings (SSSR count). The summed E-state index contributed by atoms with van der Waals surface area (Å²) in [5.74, 6) is 0.865. The maximum Gasteiger partial charge on any atom is 0.227 e. The minimum absolute atomic E-state index is 0.0629. The lowest BCUT2D eigenvalue weighted by Crippen LogP contribution is -2.37. The van der Waals surface area contributed by atoms with E-state index in [1.54, 1.807) is 17.2 Å². The third kappa shape index (κ3) is 4.07. The maximum absolute atomic E-state index is 14.0. The van der Waals surface area contributed by atoms with E-state index in [0.29, 0.717) is 31.8 Å². The lowest BCUT2D eigenvalue weighted by Gasteiger charge is -2.25. The Morgan fingerprint density at radius 3 is 2.93 bits per heavy atom. The summed E-state index contributed by atoms with van der Waals surface area (Å²) in [7, 11) is 0. The molecular weight excluding hydrogens is 381 g/mol. The monoisotopic (exact) mass is 399 g/mol. The number of carbonyl (C=O) groups excluding carboxylic acids is 1. The van der Waals surface area contributed by atoms with Crippen molar-refractivity contribution in [2.24, 2.45) is 0 Å². The highest BCUT2D eigenvalue weighted by atomic mass is 35.5. The largest absolute Gasteiger partial charge is 0.445 e. The van der Waals surface area contributed by atoms with Crippen LogP contribution in [0.4, 0.5) is 4.39 Å². The number of carbonyl (C=O) groups is 1. The van der Waals surface area contributed by atoms with E-state index in [-0.39, 0.29) is 22.9 Å². The number of oxazole rings is 1. The molecule has 2 aromatic heterocycles. The average molecular weight is 400 g/mol. The van der Waals surface area contributed by atoms with Gasteiger partial charge >= 0.3 is 0 Å². The van der Waals surface area contributed by atoms with Gasteiger partial charge in [0.1, 0.15) is 17.3 Å². The molecule has 144 valence electrons. The number of hydrogen-bond donors (Lipinski definition) is 0. The molecule has 3 heterocycles. The van der Waals surface area contributed by atoms with Gasteiger partial charge in [-0.25, -0.2) is 9.37 Å². The van der Waals surface area contributed by atoms with Crippen LogP contribution in [0, 0.1) is 5.82 Å². The van der Waals surface area contributed by atoms with E-state index in [0.717, 1.165) is 23.4 Å². The topological polar surface area (TPSA) is 59.2 Å². The van der Waals surface area contributed by atoms with Crippen LogP contribution < -0.4 is 0 Å². The molecule has 3 aromatic rings. The first-order valence-electron chi connectivity index (χ1n) is 9.17. The minimum Gasteiger partial charge on any atom is -0.445 e. The lowest BCUT2D eigenvalue weighted by molar-refractivity contribution is -0.131. The predicted octanol–water partition coefficient (Wildman–Crippen LogP) is 3.77. The SMILES string of the molecule is O=C(Cc1c(F)cccc1Cl)N1CCc2oc(CCc3cccnc3)nc2C1. The first kappa shape index (κ1) is 18.6. The Hall–Kier alpha value is -2.73. The summed E-state index contributed by atoms with van der Waals surface area (Å²) in [6.07, 6.45) is 5.59. The number of fused-ring (bicyclic) bond motifs is 1. The molecule has 0 saturated heterocycles. The Morgan fingerprint density at radius 1 is 1.25 bits per heavy atom. The molecule has 0 atom stereocenters. The van der Waals surface area contributed by atoms with Crippen molar-refractivity contribution in [3.63, 3.8) is 0 Å². The molecule has 1 aromatic carbocycles. The van der Waals surface area contributed by atoms with Crippen LogP contribution in [0.2, 0.25) is 5.02 Å². The fourth-order valence-corrected chi connectivity index (χ4v) is 3.56. The van der Waals surface area contributed by atoms with Gasteiger partial charge in [-0.05, 0) is 30.2 Å². The Balaban J connectivity index is 1.40. The lowest BCUT2D eigenvalue weighted by atomic mass is 10.1. The van der Waals surface area contributed by atoms with Gasteiger partial charge in [0.2, 0.25) is 5.91 Å². The van der Waals surface area contributed by atoms with Crippen LogP contribution in [-0.4, -0.2) is 27.3 Å². The molecule has 28 heavy (non-hydrogen) atoms. The number of amides is 1. The van der Waals surface area contributed by atoms with Crippen molar-refractivity contribution in [3.05, 3.63) is 82.0 Å². The number of rotatable bonds is 5. The fourth-order valence-electron chi connectivity index (χ4n) is 3.33. The first-order chi connectivity index (χ1) is 13.6. The molecule has 0 saturated carbocycles. The van der Waals surface area contributed by atoms with Gasteiger partial charge < -0.3 is 9.32 Å². The van der Waals surface area contributed by atoms with Crippen LogP contribution in [-0.2, 0) is 37.0 Å². The summed E-state index contributed by atoms with van der Waals surface area (Å²) >= 11 is 6.04. The molecule has 0 aliphatic carbocycles. The van der Waals surface area contributed by atoms with E-state index in [9.17, 15) is 9.18 Å². The quantitative estimate of drug-likeness (QED) is 0.655. The number of aryl methyl sites for hydroxylation is 2. The van der Waals surface area contributed by atoms with Gasteiger partial charge in [-0.3, -0.25) is 9.78 Å². The van der Waals surface area contributed by atoms with Crippen molar-refractivity contribution < 1.29 is 13.6 Å². The molecule has 0 radical (unpaired) electrons. The second kappa shape index (κ2) is 8.10. The van der Waals surface area contributed by atoms with Crippen molar-refractivity contribution >= 4 is 17.5 Å². The molecular formula is C21H19ClFN3O2. The molecule has 0 spiro atoms. The number of hydrogen-bond acceptors (Lipinski definition) is 4. The van der Waals surface area contributed by atoms with Crippen LogP contribution in [0.3, 0.4) is 0 Å². The second-order valence-corrected chi connectivity index (χ2v) is 7.19. The van der Waals surface area contributed by atoms with Crippen molar-refractivity contribution in [2.45, 2.75) is 32.2 Å². The summed E-state index contributed by atoms with van der Waals surface area (Å²) in [6.45, 7) is 0.895. The van der Waals surface area contributed by atoms with Crippen LogP contribution >= 0.6 is 11.6 Å². The zero-order chi connectivity index (χ0) is 19.5. The highest BCUT2D eigenvalue weighted by molar-refractivity contribution is 6.31. The van der Waals surface area contributed by atoms with Crippen LogP contribution in [0.1, 0.15) is 28.5 Å². The number of nitrogens with zero attached hydrogens (tertiary/aromatic N) is 3. The number of benzene rings is 1. The average Bonchev–Trinajstić information content (AvgIpc) is 3.12. The Kier molecular flexibility index (Phi) is 5.39. The highest BCUT2D eigenvalue weighted by Crippen LogP contribution is 2.24. The van der Waals surface area contributed by atoms with Crippen LogP contribution in [0.25, 0.3) is 0 Å². The third-order valence-corrected chi connectivity index (χ3v) is 5.22. The molecule has 0 unspecified atom stereocenters. The van der Waals surface area contributed by atoms with Gasteiger partial charge in [-0.15, -0.1) is 0 Å². The molecule has 1 aliphatic rings. The molecule has 5 nitrogen and oxygen atoms in total. The zero-order valence-electron chi connectivity index (χ0n) is 15.2. The van der Waals surface area contributed by atoms with Crippen LogP contribution in [0.15, 0.2) is 47.1 Å². The summed E-state index contributed by atoms with van der Waals surface area (Å²) in [4.78, 5) is 23.0. The molecule has 0 N–H and O–H groups in total. The normalized spacial score (nSPS) is 13.4. The van der Waals surface area contributed by atoms with Crippen molar-refractivity contribution in [1.29, 1.82) is 0 Å². The van der Waals surface area contributed by atoms with Crippen molar-refractivity contribution in [3.8, 4) is 0 Å². The zero-order valence-corrected chi connectivity index (χ0v) is 16.0. The summed E-state index contributed by atoms with van der Waals surface area (Å²) in [5, 5.41) is 0.269. The number of halogens is 2. The maximum atomic E-state index is 14.0. The van der Waals surface area contributed by atoms with Gasteiger partial charge in [0.05, 0.1) is 13.0 Å². The Labute approximate surface area is 167 Å². The van der Waals surface area contributed by atoms with Crippen molar-refractivity contribution in [2.75, 3.05) is 6.54 Å². The summed E-state index contributed by atoms with van der Waals surface area (Å²) in [6, 6.07) is 8.36. The van der Waals surface area contributed by atoms with Gasteiger partial charge in [0.15, 0.2) is 5.89 Å². The Bertz CT molecular complexity index is 970. The van der Waals surface area contributed by atoms with E-state index < -0.39 is 5.82 Å². The molecule has 0 bridgehead atoms. The molecule has 1 aliphatic heterocycles. The van der Waals surface area contributed by atoms with Gasteiger partial charge in [0, 0.05) is 42.4 Å². The van der Waals surface area contributed by atoms with Crippen molar-refractivity contribution in [1.82, 2.24) is 14.9 Å². The minimum atomic E-state index is -0.460. The molecule has 0 fully saturated rings. The highest BCUT2D eigenvalue weighted by Gasteiger charge is 2.26. The van der Waals surface area contributed by atoms with E-state index in [4.69, 9.17) is 16.0 Å². The van der Waals surface area contributed by atoms with Crippen LogP contribution in [0.5, 0.6) is 0 Å². The number of aromatic nitrogens is 2. The smallest absolute Gasteiger partial charge is 0.227 e. The first-order valence-corrected chi connectivity index (χ1v) is 9.55. The van der Waals surface area contributed by atoms with Gasteiger partial charge in [-0.2, -0.15) is 0 Å². The molecule has 1 amide bonds. The standard InChI is InChI=1S/C21H19ClFN3O2/c22-16-4-1-5-17(23)15(16)11-21(27)26-10-8-19-18(13-26)25-20(28-19)7-6-14-3-2-9-24-12-14/h1-5,9,12H,6-8,10-11,13H2. The second-order valence-electron chi connectivity index (χ2n) is 6.78. The third-order valence-electron chi connectivity index (χ3n) is 4.86.